The summed E-state index contributed by atoms with van der Waals surface area (Å²) in [6.45, 7) is 9.84. The van der Waals surface area contributed by atoms with Crippen LogP contribution in [-0.2, 0) is 6.42 Å². The first-order valence-corrected chi connectivity index (χ1v) is 6.12. The number of anilines is 1. The minimum atomic E-state index is 0.315. The molecular weight excluding hydrogens is 198 g/mol. The molecular formula is C13H23N3. The van der Waals surface area contributed by atoms with E-state index in [1.54, 1.807) is 6.33 Å². The molecule has 1 aromatic heterocycles. The fourth-order valence-electron chi connectivity index (χ4n) is 1.34. The van der Waals surface area contributed by atoms with Crippen molar-refractivity contribution in [2.45, 2.75) is 47.0 Å². The van der Waals surface area contributed by atoms with Gasteiger partial charge in [-0.25, -0.2) is 9.97 Å². The summed E-state index contributed by atoms with van der Waals surface area (Å²) in [5, 5.41) is 3.38. The fraction of sp³-hybridized carbons (Fsp3) is 0.692. The fourth-order valence-corrected chi connectivity index (χ4v) is 1.34. The highest BCUT2D eigenvalue weighted by molar-refractivity contribution is 5.35. The van der Waals surface area contributed by atoms with Crippen LogP contribution in [0, 0.1) is 5.41 Å². The molecule has 16 heavy (non-hydrogen) atoms. The third-order valence-corrected chi connectivity index (χ3v) is 2.94. The molecule has 0 spiro atoms. The van der Waals surface area contributed by atoms with Crippen molar-refractivity contribution in [3.8, 4) is 0 Å². The van der Waals surface area contributed by atoms with Crippen LogP contribution in [-0.4, -0.2) is 16.5 Å². The van der Waals surface area contributed by atoms with Gasteiger partial charge in [-0.2, -0.15) is 0 Å². The van der Waals surface area contributed by atoms with Crippen LogP contribution < -0.4 is 5.32 Å². The molecule has 0 aliphatic rings. The second-order valence-corrected chi connectivity index (χ2v) is 5.02. The van der Waals surface area contributed by atoms with Crippen LogP contribution in [0.15, 0.2) is 12.4 Å². The average Bonchev–Trinajstić information content (AvgIpc) is 2.28. The summed E-state index contributed by atoms with van der Waals surface area (Å²) >= 11 is 0. The Morgan fingerprint density at radius 2 is 2.00 bits per heavy atom. The minimum absolute atomic E-state index is 0.315. The summed E-state index contributed by atoms with van der Waals surface area (Å²) in [7, 11) is 0. The molecule has 0 atom stereocenters. The Bertz CT molecular complexity index is 321. The highest BCUT2D eigenvalue weighted by Crippen LogP contribution is 2.19. The van der Waals surface area contributed by atoms with Crippen LogP contribution in [0.3, 0.4) is 0 Å². The molecule has 3 nitrogen and oxygen atoms in total. The number of nitrogens with one attached hydrogen (secondary N) is 1. The van der Waals surface area contributed by atoms with Gasteiger partial charge in [0.25, 0.3) is 0 Å². The van der Waals surface area contributed by atoms with Gasteiger partial charge in [0.05, 0.1) is 0 Å². The molecule has 3 heteroatoms. The molecule has 1 N–H and O–H groups in total. The first-order valence-electron chi connectivity index (χ1n) is 6.12. The molecule has 0 aliphatic heterocycles. The predicted molar refractivity (Wildman–Crippen MR) is 68.6 cm³/mol. The van der Waals surface area contributed by atoms with Crippen molar-refractivity contribution in [2.24, 2.45) is 5.41 Å². The number of aryl methyl sites for hydroxylation is 1. The summed E-state index contributed by atoms with van der Waals surface area (Å²) in [6, 6.07) is 2.05. The van der Waals surface area contributed by atoms with E-state index in [4.69, 9.17) is 0 Å². The zero-order chi connectivity index (χ0) is 12.0. The van der Waals surface area contributed by atoms with Crippen LogP contribution in [0.25, 0.3) is 0 Å². The minimum Gasteiger partial charge on any atom is -0.369 e. The van der Waals surface area contributed by atoms with Crippen molar-refractivity contribution in [2.75, 3.05) is 11.9 Å². The Morgan fingerprint density at radius 1 is 1.25 bits per heavy atom. The van der Waals surface area contributed by atoms with Crippen LogP contribution in [0.5, 0.6) is 0 Å². The van der Waals surface area contributed by atoms with Crippen molar-refractivity contribution >= 4 is 5.82 Å². The zero-order valence-corrected chi connectivity index (χ0v) is 10.9. The van der Waals surface area contributed by atoms with Gasteiger partial charge in [-0.05, 0) is 18.3 Å². The lowest BCUT2D eigenvalue weighted by Crippen LogP contribution is -2.22. The monoisotopic (exact) mass is 221 g/mol. The van der Waals surface area contributed by atoms with Gasteiger partial charge in [-0.1, -0.05) is 34.1 Å². The van der Waals surface area contributed by atoms with E-state index in [-0.39, 0.29) is 0 Å². The van der Waals surface area contributed by atoms with Gasteiger partial charge in [0.1, 0.15) is 12.1 Å². The summed E-state index contributed by atoms with van der Waals surface area (Å²) in [5.74, 6) is 0.944. The third kappa shape index (κ3) is 4.17. The lowest BCUT2D eigenvalue weighted by Gasteiger charge is -2.23. The van der Waals surface area contributed by atoms with Gasteiger partial charge in [-0.15, -0.1) is 0 Å². The van der Waals surface area contributed by atoms with Crippen molar-refractivity contribution < 1.29 is 0 Å². The molecule has 0 aromatic carbocycles. The molecule has 0 bridgehead atoms. The smallest absolute Gasteiger partial charge is 0.129 e. The second kappa shape index (κ2) is 5.83. The highest BCUT2D eigenvalue weighted by Gasteiger charge is 2.14. The van der Waals surface area contributed by atoms with Gasteiger partial charge < -0.3 is 5.32 Å². The van der Waals surface area contributed by atoms with Crippen molar-refractivity contribution in [1.29, 1.82) is 0 Å². The lowest BCUT2D eigenvalue weighted by atomic mass is 9.90. The second-order valence-electron chi connectivity index (χ2n) is 5.02. The summed E-state index contributed by atoms with van der Waals surface area (Å²) in [4.78, 5) is 8.48. The van der Waals surface area contributed by atoms with Gasteiger partial charge in [0.15, 0.2) is 0 Å². The molecule has 0 unspecified atom stereocenters. The Kier molecular flexibility index (Phi) is 4.71. The maximum atomic E-state index is 4.24. The lowest BCUT2D eigenvalue weighted by molar-refractivity contribution is 0.376. The molecule has 1 heterocycles. The quantitative estimate of drug-likeness (QED) is 0.801. The van der Waals surface area contributed by atoms with Crippen molar-refractivity contribution in [1.82, 2.24) is 9.97 Å². The number of hydrogen-bond donors (Lipinski definition) is 1. The first-order chi connectivity index (χ1) is 7.57. The Morgan fingerprint density at radius 3 is 2.62 bits per heavy atom. The van der Waals surface area contributed by atoms with Crippen molar-refractivity contribution in [3.05, 3.63) is 18.1 Å². The maximum Gasteiger partial charge on any atom is 0.129 e. The van der Waals surface area contributed by atoms with E-state index in [2.05, 4.69) is 49.0 Å². The van der Waals surface area contributed by atoms with E-state index in [1.807, 2.05) is 0 Å². The van der Waals surface area contributed by atoms with Crippen LogP contribution in [0.1, 0.15) is 46.2 Å². The number of nitrogens with zero attached hydrogens (tertiary/aromatic N) is 2. The SMILES string of the molecule is CCCc1cc(NCC(C)(C)CC)ncn1. The highest BCUT2D eigenvalue weighted by atomic mass is 15.0. The van der Waals surface area contributed by atoms with Gasteiger partial charge in [-0.3, -0.25) is 0 Å². The van der Waals surface area contributed by atoms with Gasteiger partial charge >= 0.3 is 0 Å². The summed E-state index contributed by atoms with van der Waals surface area (Å²) in [5.41, 5.74) is 1.44. The molecule has 0 saturated heterocycles. The van der Waals surface area contributed by atoms with Crippen LogP contribution in [0.4, 0.5) is 5.82 Å². The molecule has 0 amide bonds. The molecule has 1 rings (SSSR count). The van der Waals surface area contributed by atoms with Gasteiger partial charge in [0, 0.05) is 18.3 Å². The molecule has 90 valence electrons. The van der Waals surface area contributed by atoms with E-state index in [0.29, 0.717) is 5.41 Å². The molecule has 1 aromatic rings. The standard InChI is InChI=1S/C13H23N3/c1-5-7-11-8-12(16-10-15-11)14-9-13(3,4)6-2/h8,10H,5-7,9H2,1-4H3,(H,14,15,16). The largest absolute Gasteiger partial charge is 0.369 e. The Hall–Kier alpha value is -1.12. The Labute approximate surface area is 98.7 Å². The molecule has 0 radical (unpaired) electrons. The molecule has 0 fully saturated rings. The molecule has 0 aliphatic carbocycles. The number of rotatable bonds is 6. The number of hydrogen-bond acceptors (Lipinski definition) is 3. The average molecular weight is 221 g/mol. The van der Waals surface area contributed by atoms with Gasteiger partial charge in [0.2, 0.25) is 0 Å². The Balaban J connectivity index is 2.57. The van der Waals surface area contributed by atoms with E-state index in [1.165, 1.54) is 0 Å². The molecule has 0 saturated carbocycles. The summed E-state index contributed by atoms with van der Waals surface area (Å²) in [6.07, 6.45) is 4.95. The van der Waals surface area contributed by atoms with E-state index in [9.17, 15) is 0 Å². The van der Waals surface area contributed by atoms with Crippen LogP contribution in [0.2, 0.25) is 0 Å². The third-order valence-electron chi connectivity index (χ3n) is 2.94. The van der Waals surface area contributed by atoms with E-state index < -0.39 is 0 Å². The van der Waals surface area contributed by atoms with E-state index >= 15 is 0 Å². The number of aromatic nitrogens is 2. The maximum absolute atomic E-state index is 4.24. The topological polar surface area (TPSA) is 37.8 Å². The first kappa shape index (κ1) is 12.9. The van der Waals surface area contributed by atoms with Crippen molar-refractivity contribution in [3.63, 3.8) is 0 Å². The normalized spacial score (nSPS) is 11.5. The zero-order valence-electron chi connectivity index (χ0n) is 10.9. The predicted octanol–water partition coefficient (Wildman–Crippen LogP) is 3.28. The van der Waals surface area contributed by atoms with Crippen LogP contribution >= 0.6 is 0 Å². The van der Waals surface area contributed by atoms with E-state index in [0.717, 1.165) is 37.3 Å². The summed E-state index contributed by atoms with van der Waals surface area (Å²) < 4.78 is 0.